The summed E-state index contributed by atoms with van der Waals surface area (Å²) >= 11 is 0. The first-order valence-corrected chi connectivity index (χ1v) is 7.44. The van der Waals surface area contributed by atoms with Gasteiger partial charge in [0.25, 0.3) is 0 Å². The fourth-order valence-corrected chi connectivity index (χ4v) is 4.06. The highest BCUT2D eigenvalue weighted by Gasteiger charge is 2.35. The van der Waals surface area contributed by atoms with Crippen LogP contribution in [0.5, 0.6) is 0 Å². The largest absolute Gasteiger partial charge is 0.315 e. The molecule has 2 saturated carbocycles. The first-order valence-electron chi connectivity index (χ1n) is 7.44. The lowest BCUT2D eigenvalue weighted by Crippen LogP contribution is -2.51. The molecule has 3 nitrogen and oxygen atoms in total. The van der Waals surface area contributed by atoms with Gasteiger partial charge in [0.2, 0.25) is 0 Å². The highest BCUT2D eigenvalue weighted by atomic mass is 15.3. The maximum Gasteiger partial charge on any atom is 0.0707 e. The van der Waals surface area contributed by atoms with Crippen LogP contribution in [0.4, 0.5) is 0 Å². The molecule has 3 atom stereocenters. The van der Waals surface area contributed by atoms with Crippen molar-refractivity contribution in [1.82, 2.24) is 5.43 Å². The summed E-state index contributed by atoms with van der Waals surface area (Å²) in [5, 5.41) is 0. The van der Waals surface area contributed by atoms with Crippen LogP contribution in [-0.2, 0) is 0 Å². The SMILES string of the molecule is CC1CCC(C2CCCCC2C(N)NN)CC1. The summed E-state index contributed by atoms with van der Waals surface area (Å²) < 4.78 is 0. The number of nitrogens with two attached hydrogens (primary N) is 2. The number of nitrogens with one attached hydrogen (secondary N) is 1. The Morgan fingerprint density at radius 3 is 2.29 bits per heavy atom. The topological polar surface area (TPSA) is 64.1 Å². The van der Waals surface area contributed by atoms with Gasteiger partial charge in [-0.15, -0.1) is 0 Å². The van der Waals surface area contributed by atoms with Crippen molar-refractivity contribution in [3.63, 3.8) is 0 Å². The molecule has 2 aliphatic carbocycles. The Morgan fingerprint density at radius 1 is 1.00 bits per heavy atom. The molecular weight excluding hydrogens is 210 g/mol. The van der Waals surface area contributed by atoms with Crippen molar-refractivity contribution in [2.24, 2.45) is 35.2 Å². The van der Waals surface area contributed by atoms with Gasteiger partial charge in [-0.25, -0.2) is 5.43 Å². The predicted molar refractivity (Wildman–Crippen MR) is 71.9 cm³/mol. The average Bonchev–Trinajstić information content (AvgIpc) is 2.39. The number of hydrogen-bond donors (Lipinski definition) is 3. The summed E-state index contributed by atoms with van der Waals surface area (Å²) in [5.74, 6) is 8.82. The van der Waals surface area contributed by atoms with E-state index in [9.17, 15) is 0 Å². The molecule has 100 valence electrons. The van der Waals surface area contributed by atoms with Crippen molar-refractivity contribution >= 4 is 0 Å². The summed E-state index contributed by atoms with van der Waals surface area (Å²) in [5.41, 5.74) is 8.93. The molecule has 0 aromatic heterocycles. The molecule has 2 fully saturated rings. The molecule has 0 amide bonds. The van der Waals surface area contributed by atoms with Gasteiger partial charge in [0, 0.05) is 0 Å². The van der Waals surface area contributed by atoms with Crippen molar-refractivity contribution < 1.29 is 0 Å². The molecule has 0 aliphatic heterocycles. The van der Waals surface area contributed by atoms with Crippen LogP contribution in [0.25, 0.3) is 0 Å². The van der Waals surface area contributed by atoms with Gasteiger partial charge < -0.3 is 5.73 Å². The van der Waals surface area contributed by atoms with Gasteiger partial charge in [-0.1, -0.05) is 32.6 Å². The molecule has 0 saturated heterocycles. The summed E-state index contributed by atoms with van der Waals surface area (Å²) in [4.78, 5) is 0. The molecule has 0 radical (unpaired) electrons. The molecule has 0 aromatic carbocycles. The van der Waals surface area contributed by atoms with E-state index in [-0.39, 0.29) is 6.17 Å². The zero-order chi connectivity index (χ0) is 12.3. The lowest BCUT2D eigenvalue weighted by atomic mass is 9.66. The Morgan fingerprint density at radius 2 is 1.65 bits per heavy atom. The van der Waals surface area contributed by atoms with E-state index >= 15 is 0 Å². The molecule has 2 aliphatic rings. The van der Waals surface area contributed by atoms with Gasteiger partial charge in [-0.2, -0.15) is 0 Å². The molecule has 0 heterocycles. The Kier molecular flexibility index (Phi) is 4.83. The molecule has 0 bridgehead atoms. The van der Waals surface area contributed by atoms with Gasteiger partial charge in [0.15, 0.2) is 0 Å². The van der Waals surface area contributed by atoms with E-state index in [1.165, 1.54) is 51.4 Å². The minimum Gasteiger partial charge on any atom is -0.315 e. The van der Waals surface area contributed by atoms with Gasteiger partial charge in [0.1, 0.15) is 0 Å². The van der Waals surface area contributed by atoms with Crippen molar-refractivity contribution in [1.29, 1.82) is 0 Å². The zero-order valence-electron chi connectivity index (χ0n) is 11.2. The van der Waals surface area contributed by atoms with Crippen molar-refractivity contribution in [3.8, 4) is 0 Å². The quantitative estimate of drug-likeness (QED) is 0.402. The highest BCUT2D eigenvalue weighted by Crippen LogP contribution is 2.43. The monoisotopic (exact) mass is 239 g/mol. The van der Waals surface area contributed by atoms with Crippen LogP contribution in [0.3, 0.4) is 0 Å². The fourth-order valence-electron chi connectivity index (χ4n) is 4.06. The third-order valence-corrected chi connectivity index (χ3v) is 5.19. The second-order valence-electron chi connectivity index (χ2n) is 6.32. The van der Waals surface area contributed by atoms with Gasteiger partial charge >= 0.3 is 0 Å². The predicted octanol–water partition coefficient (Wildman–Crippen LogP) is 2.37. The Hall–Kier alpha value is -0.120. The minimum absolute atomic E-state index is 0.000324. The second-order valence-corrected chi connectivity index (χ2v) is 6.32. The van der Waals surface area contributed by atoms with Crippen LogP contribution >= 0.6 is 0 Å². The third kappa shape index (κ3) is 3.21. The van der Waals surface area contributed by atoms with Crippen molar-refractivity contribution in [2.75, 3.05) is 0 Å². The first-order chi connectivity index (χ1) is 8.22. The van der Waals surface area contributed by atoms with Crippen LogP contribution in [0, 0.1) is 23.7 Å². The smallest absolute Gasteiger partial charge is 0.0707 e. The lowest BCUT2D eigenvalue weighted by Gasteiger charge is -2.42. The van der Waals surface area contributed by atoms with Gasteiger partial charge in [-0.3, -0.25) is 5.84 Å². The zero-order valence-corrected chi connectivity index (χ0v) is 11.2. The summed E-state index contributed by atoms with van der Waals surface area (Å²) in [6.45, 7) is 2.39. The van der Waals surface area contributed by atoms with E-state index in [1.54, 1.807) is 0 Å². The van der Waals surface area contributed by atoms with Crippen LogP contribution in [0.1, 0.15) is 58.3 Å². The summed E-state index contributed by atoms with van der Waals surface area (Å²) in [6, 6.07) is 0. The highest BCUT2D eigenvalue weighted by molar-refractivity contribution is 4.87. The standard InChI is InChI=1S/C14H29N3/c1-10-6-8-11(9-7-10)12-4-2-3-5-13(12)14(15)17-16/h10-14,17H,2-9,15-16H2,1H3. The van der Waals surface area contributed by atoms with Crippen molar-refractivity contribution in [2.45, 2.75) is 64.5 Å². The maximum atomic E-state index is 6.14. The summed E-state index contributed by atoms with van der Waals surface area (Å²) in [7, 11) is 0. The average molecular weight is 239 g/mol. The number of hydrogen-bond acceptors (Lipinski definition) is 3. The van der Waals surface area contributed by atoms with E-state index in [2.05, 4.69) is 12.3 Å². The fraction of sp³-hybridized carbons (Fsp3) is 1.00. The summed E-state index contributed by atoms with van der Waals surface area (Å²) in [6.07, 6.45) is 11.0. The Bertz CT molecular complexity index is 224. The molecule has 3 unspecified atom stereocenters. The van der Waals surface area contributed by atoms with Crippen LogP contribution in [0.2, 0.25) is 0 Å². The molecule has 17 heavy (non-hydrogen) atoms. The van der Waals surface area contributed by atoms with Gasteiger partial charge in [0.05, 0.1) is 6.17 Å². The van der Waals surface area contributed by atoms with E-state index in [0.717, 1.165) is 17.8 Å². The molecule has 5 N–H and O–H groups in total. The van der Waals surface area contributed by atoms with E-state index in [4.69, 9.17) is 11.6 Å². The van der Waals surface area contributed by atoms with Gasteiger partial charge in [-0.05, 0) is 49.4 Å². The van der Waals surface area contributed by atoms with E-state index < -0.39 is 0 Å². The van der Waals surface area contributed by atoms with Crippen molar-refractivity contribution in [3.05, 3.63) is 0 Å². The van der Waals surface area contributed by atoms with E-state index in [0.29, 0.717) is 5.92 Å². The Balaban J connectivity index is 1.96. The molecule has 2 rings (SSSR count). The Labute approximate surface area is 106 Å². The number of rotatable bonds is 3. The number of hydrazine groups is 1. The normalized spacial score (nSPS) is 41.1. The third-order valence-electron chi connectivity index (χ3n) is 5.19. The lowest BCUT2D eigenvalue weighted by molar-refractivity contribution is 0.0910. The second kappa shape index (κ2) is 6.17. The maximum absolute atomic E-state index is 6.14. The molecular formula is C14H29N3. The van der Waals surface area contributed by atoms with E-state index in [1.807, 2.05) is 0 Å². The minimum atomic E-state index is -0.000324. The van der Waals surface area contributed by atoms with Crippen LogP contribution < -0.4 is 17.0 Å². The first kappa shape index (κ1) is 13.3. The van der Waals surface area contributed by atoms with Crippen LogP contribution in [0.15, 0.2) is 0 Å². The molecule has 0 aromatic rings. The molecule has 3 heteroatoms. The molecule has 0 spiro atoms. The van der Waals surface area contributed by atoms with Crippen LogP contribution in [-0.4, -0.2) is 6.17 Å².